The number of hydrogen-bond donors (Lipinski definition) is 1. The smallest absolute Gasteiger partial charge is 0.266 e. The van der Waals surface area contributed by atoms with Gasteiger partial charge in [-0.3, -0.25) is 4.31 Å². The summed E-state index contributed by atoms with van der Waals surface area (Å²) in [6, 6.07) is 15.9. The van der Waals surface area contributed by atoms with Gasteiger partial charge < -0.3 is 5.32 Å². The Labute approximate surface area is 113 Å². The van der Waals surface area contributed by atoms with E-state index >= 15 is 0 Å². The quantitative estimate of drug-likeness (QED) is 0.933. The van der Waals surface area contributed by atoms with Crippen LogP contribution < -0.4 is 9.62 Å². The number of hydrogen-bond acceptors (Lipinski definition) is 3. The van der Waals surface area contributed by atoms with Crippen molar-refractivity contribution in [3.63, 3.8) is 0 Å². The van der Waals surface area contributed by atoms with E-state index in [0.29, 0.717) is 11.4 Å². The first-order valence-electron chi connectivity index (χ1n) is 5.88. The molecule has 0 radical (unpaired) electrons. The van der Waals surface area contributed by atoms with E-state index in [1.807, 2.05) is 18.2 Å². The summed E-state index contributed by atoms with van der Waals surface area (Å²) in [5.74, 6) is 0. The van der Waals surface area contributed by atoms with Crippen LogP contribution in [0.15, 0.2) is 59.5 Å². The summed E-state index contributed by atoms with van der Waals surface area (Å²) in [4.78, 5) is 0.267. The standard InChI is InChI=1S/C14H16N2O2S/c1-15-13-10-6-7-11-14(13)19(17,18)16(2)12-8-4-3-5-9-12/h3-11,15H,1-2H3. The van der Waals surface area contributed by atoms with Crippen LogP contribution in [0.3, 0.4) is 0 Å². The maximum atomic E-state index is 12.6. The number of anilines is 2. The number of nitrogens with zero attached hydrogens (tertiary/aromatic N) is 1. The lowest BCUT2D eigenvalue weighted by molar-refractivity contribution is 0.594. The molecule has 2 rings (SSSR count). The van der Waals surface area contributed by atoms with Gasteiger partial charge in [-0.2, -0.15) is 0 Å². The Hall–Kier alpha value is -2.01. The van der Waals surface area contributed by atoms with Crippen LogP contribution in [0, 0.1) is 0 Å². The van der Waals surface area contributed by atoms with Crippen molar-refractivity contribution in [3.05, 3.63) is 54.6 Å². The van der Waals surface area contributed by atoms with Crippen molar-refractivity contribution in [1.29, 1.82) is 0 Å². The van der Waals surface area contributed by atoms with Crippen LogP contribution in [0.25, 0.3) is 0 Å². The molecular weight excluding hydrogens is 260 g/mol. The largest absolute Gasteiger partial charge is 0.387 e. The molecule has 0 fully saturated rings. The molecule has 0 amide bonds. The van der Waals surface area contributed by atoms with Gasteiger partial charge in [-0.25, -0.2) is 8.42 Å². The summed E-state index contributed by atoms with van der Waals surface area (Å²) < 4.78 is 26.5. The fourth-order valence-electron chi connectivity index (χ4n) is 1.82. The number of nitrogens with one attached hydrogen (secondary N) is 1. The summed E-state index contributed by atoms with van der Waals surface area (Å²) in [5.41, 5.74) is 1.22. The molecule has 19 heavy (non-hydrogen) atoms. The zero-order valence-electron chi connectivity index (χ0n) is 10.9. The van der Waals surface area contributed by atoms with Gasteiger partial charge in [0.15, 0.2) is 0 Å². The first-order valence-corrected chi connectivity index (χ1v) is 7.32. The van der Waals surface area contributed by atoms with Crippen LogP contribution in [-0.4, -0.2) is 22.5 Å². The zero-order chi connectivity index (χ0) is 13.9. The fraction of sp³-hybridized carbons (Fsp3) is 0.143. The van der Waals surface area contributed by atoms with Crippen LogP contribution in [-0.2, 0) is 10.0 Å². The molecular formula is C14H16N2O2S. The first kappa shape index (κ1) is 13.4. The van der Waals surface area contributed by atoms with Gasteiger partial charge in [0.1, 0.15) is 4.90 Å². The normalized spacial score (nSPS) is 11.1. The van der Waals surface area contributed by atoms with Crippen molar-refractivity contribution in [3.8, 4) is 0 Å². The minimum absolute atomic E-state index is 0.267. The number of sulfonamides is 1. The summed E-state index contributed by atoms with van der Waals surface area (Å²) >= 11 is 0. The lowest BCUT2D eigenvalue weighted by Crippen LogP contribution is -2.27. The summed E-state index contributed by atoms with van der Waals surface area (Å²) in [7, 11) is -0.306. The Balaban J connectivity index is 2.48. The van der Waals surface area contributed by atoms with Gasteiger partial charge >= 0.3 is 0 Å². The maximum absolute atomic E-state index is 12.6. The van der Waals surface area contributed by atoms with Crippen LogP contribution in [0.5, 0.6) is 0 Å². The molecule has 0 aliphatic rings. The molecule has 0 unspecified atom stereocenters. The highest BCUT2D eigenvalue weighted by atomic mass is 32.2. The number of para-hydroxylation sites is 2. The molecule has 5 heteroatoms. The average molecular weight is 276 g/mol. The molecule has 0 saturated carbocycles. The molecule has 0 spiro atoms. The highest BCUT2D eigenvalue weighted by Crippen LogP contribution is 2.26. The van der Waals surface area contributed by atoms with Gasteiger partial charge in [-0.1, -0.05) is 30.3 Å². The van der Waals surface area contributed by atoms with E-state index < -0.39 is 10.0 Å². The van der Waals surface area contributed by atoms with Gasteiger partial charge in [0.2, 0.25) is 0 Å². The fourth-order valence-corrected chi connectivity index (χ4v) is 3.22. The molecule has 0 aromatic heterocycles. The Morgan fingerprint density at radius 1 is 0.947 bits per heavy atom. The third-order valence-corrected chi connectivity index (χ3v) is 4.76. The molecule has 0 heterocycles. The van der Waals surface area contributed by atoms with Gasteiger partial charge in [0.05, 0.1) is 11.4 Å². The number of benzene rings is 2. The second-order valence-electron chi connectivity index (χ2n) is 4.05. The van der Waals surface area contributed by atoms with Crippen LogP contribution in [0.4, 0.5) is 11.4 Å². The molecule has 2 aromatic rings. The summed E-state index contributed by atoms with van der Waals surface area (Å²) in [6.45, 7) is 0. The third-order valence-electron chi connectivity index (χ3n) is 2.91. The predicted octanol–water partition coefficient (Wildman–Crippen LogP) is 2.55. The van der Waals surface area contributed by atoms with E-state index in [1.165, 1.54) is 4.31 Å². The van der Waals surface area contributed by atoms with E-state index in [0.717, 1.165) is 0 Å². The second kappa shape index (κ2) is 5.32. The van der Waals surface area contributed by atoms with E-state index in [-0.39, 0.29) is 4.90 Å². The molecule has 2 aromatic carbocycles. The highest BCUT2D eigenvalue weighted by Gasteiger charge is 2.23. The van der Waals surface area contributed by atoms with E-state index in [1.54, 1.807) is 50.5 Å². The Morgan fingerprint density at radius 3 is 2.16 bits per heavy atom. The maximum Gasteiger partial charge on any atom is 0.266 e. The highest BCUT2D eigenvalue weighted by molar-refractivity contribution is 7.93. The van der Waals surface area contributed by atoms with Crippen LogP contribution >= 0.6 is 0 Å². The van der Waals surface area contributed by atoms with Gasteiger partial charge in [0, 0.05) is 14.1 Å². The summed E-state index contributed by atoms with van der Waals surface area (Å²) in [5, 5.41) is 2.90. The van der Waals surface area contributed by atoms with Crippen LogP contribution in [0.1, 0.15) is 0 Å². The Morgan fingerprint density at radius 2 is 1.53 bits per heavy atom. The van der Waals surface area contributed by atoms with E-state index in [9.17, 15) is 8.42 Å². The topological polar surface area (TPSA) is 49.4 Å². The third kappa shape index (κ3) is 2.56. The molecule has 4 nitrogen and oxygen atoms in total. The van der Waals surface area contributed by atoms with E-state index in [2.05, 4.69) is 5.32 Å². The molecule has 0 aliphatic carbocycles. The minimum atomic E-state index is -3.56. The van der Waals surface area contributed by atoms with Gasteiger partial charge in [-0.05, 0) is 24.3 Å². The molecule has 0 aliphatic heterocycles. The SMILES string of the molecule is CNc1ccccc1S(=O)(=O)N(C)c1ccccc1. The molecule has 0 saturated heterocycles. The van der Waals surface area contributed by atoms with Crippen molar-refractivity contribution in [1.82, 2.24) is 0 Å². The zero-order valence-corrected chi connectivity index (χ0v) is 11.7. The first-order chi connectivity index (χ1) is 9.07. The van der Waals surface area contributed by atoms with E-state index in [4.69, 9.17) is 0 Å². The lowest BCUT2D eigenvalue weighted by atomic mass is 10.3. The van der Waals surface area contributed by atoms with Gasteiger partial charge in [-0.15, -0.1) is 0 Å². The van der Waals surface area contributed by atoms with Crippen molar-refractivity contribution in [2.45, 2.75) is 4.90 Å². The molecule has 100 valence electrons. The lowest BCUT2D eigenvalue weighted by Gasteiger charge is -2.21. The molecule has 0 atom stereocenters. The van der Waals surface area contributed by atoms with Gasteiger partial charge in [0.25, 0.3) is 10.0 Å². The monoisotopic (exact) mass is 276 g/mol. The second-order valence-corrected chi connectivity index (χ2v) is 5.99. The van der Waals surface area contributed by atoms with Crippen molar-refractivity contribution in [2.75, 3.05) is 23.7 Å². The number of rotatable bonds is 4. The summed E-state index contributed by atoms with van der Waals surface area (Å²) in [6.07, 6.45) is 0. The predicted molar refractivity (Wildman–Crippen MR) is 78.0 cm³/mol. The molecule has 1 N–H and O–H groups in total. The molecule has 0 bridgehead atoms. The van der Waals surface area contributed by atoms with Crippen molar-refractivity contribution < 1.29 is 8.42 Å². The Kier molecular flexibility index (Phi) is 3.76. The van der Waals surface area contributed by atoms with Crippen molar-refractivity contribution in [2.24, 2.45) is 0 Å². The van der Waals surface area contributed by atoms with Crippen LogP contribution in [0.2, 0.25) is 0 Å². The average Bonchev–Trinajstić information content (AvgIpc) is 2.47. The minimum Gasteiger partial charge on any atom is -0.387 e. The van der Waals surface area contributed by atoms with Crippen molar-refractivity contribution >= 4 is 21.4 Å². The Bertz CT molecular complexity index is 654.